The SMILES string of the molecule is CC1CN(c2ccc(-c3c(F)cc(N4C[C@@H](C)N(C)[C@@H](C)C4)c(-n4cc(C(N)=O)c(C(F)(F)F)cc4=O)c3F)cn2)CCO1. The van der Waals surface area contributed by atoms with Crippen molar-refractivity contribution in [1.82, 2.24) is 14.5 Å². The van der Waals surface area contributed by atoms with Crippen LogP contribution in [0.15, 0.2) is 41.5 Å². The minimum atomic E-state index is -5.08. The van der Waals surface area contributed by atoms with Crippen molar-refractivity contribution in [2.45, 2.75) is 45.1 Å². The van der Waals surface area contributed by atoms with Gasteiger partial charge in [0.25, 0.3) is 11.5 Å². The number of nitrogens with two attached hydrogens (primary N) is 1. The molecule has 9 nitrogen and oxygen atoms in total. The maximum absolute atomic E-state index is 16.7. The average Bonchev–Trinajstić information content (AvgIpc) is 2.95. The Morgan fingerprint density at radius 3 is 2.30 bits per heavy atom. The molecular weight excluding hydrogens is 587 g/mol. The molecule has 5 rings (SSSR count). The number of primary amides is 1. The van der Waals surface area contributed by atoms with Crippen molar-refractivity contribution in [3.63, 3.8) is 0 Å². The quantitative estimate of drug-likeness (QED) is 0.430. The molecule has 0 spiro atoms. The minimum absolute atomic E-state index is 0.0254. The van der Waals surface area contributed by atoms with E-state index in [1.54, 1.807) is 11.0 Å². The van der Waals surface area contributed by atoms with E-state index in [4.69, 9.17) is 10.5 Å². The van der Waals surface area contributed by atoms with E-state index in [9.17, 15) is 22.8 Å². The predicted octanol–water partition coefficient (Wildman–Crippen LogP) is 4.05. The highest BCUT2D eigenvalue weighted by Gasteiger charge is 2.37. The van der Waals surface area contributed by atoms with Gasteiger partial charge in [-0.1, -0.05) is 0 Å². The van der Waals surface area contributed by atoms with Crippen molar-refractivity contribution in [3.8, 4) is 16.8 Å². The summed E-state index contributed by atoms with van der Waals surface area (Å²) < 4.78 is 79.9. The van der Waals surface area contributed by atoms with Crippen LogP contribution in [0, 0.1) is 11.6 Å². The Balaban J connectivity index is 1.71. The molecule has 0 radical (unpaired) electrons. The fraction of sp³-hybridized carbons (Fsp3) is 0.433. The van der Waals surface area contributed by atoms with Crippen LogP contribution in [0.5, 0.6) is 0 Å². The summed E-state index contributed by atoms with van der Waals surface area (Å²) in [4.78, 5) is 35.4. The zero-order chi connectivity index (χ0) is 32.1. The highest BCUT2D eigenvalue weighted by Crippen LogP contribution is 2.39. The van der Waals surface area contributed by atoms with Crippen LogP contribution in [0.3, 0.4) is 0 Å². The summed E-state index contributed by atoms with van der Waals surface area (Å²) in [7, 11) is 1.91. The Kier molecular flexibility index (Phi) is 8.42. The van der Waals surface area contributed by atoms with Crippen molar-refractivity contribution < 1.29 is 31.5 Å². The van der Waals surface area contributed by atoms with Crippen LogP contribution in [0.2, 0.25) is 0 Å². The topological polar surface area (TPSA) is 96.9 Å². The largest absolute Gasteiger partial charge is 0.417 e. The summed E-state index contributed by atoms with van der Waals surface area (Å²) >= 11 is 0. The van der Waals surface area contributed by atoms with Gasteiger partial charge in [0, 0.05) is 68.4 Å². The van der Waals surface area contributed by atoms with Crippen LogP contribution < -0.4 is 21.1 Å². The Bertz CT molecular complexity index is 1620. The number of likely N-dealkylation sites (N-methyl/N-ethyl adjacent to an activating group) is 1. The van der Waals surface area contributed by atoms with Crippen LogP contribution in [0.25, 0.3) is 16.8 Å². The number of halogens is 5. The van der Waals surface area contributed by atoms with Crippen LogP contribution in [0.4, 0.5) is 33.5 Å². The van der Waals surface area contributed by atoms with E-state index in [1.807, 2.05) is 32.7 Å². The maximum atomic E-state index is 16.7. The van der Waals surface area contributed by atoms with E-state index >= 15 is 8.78 Å². The van der Waals surface area contributed by atoms with Gasteiger partial charge in [-0.2, -0.15) is 13.2 Å². The Labute approximate surface area is 250 Å². The number of morpholine rings is 1. The smallest absolute Gasteiger partial charge is 0.375 e. The van der Waals surface area contributed by atoms with E-state index in [1.165, 1.54) is 12.3 Å². The van der Waals surface area contributed by atoms with Crippen molar-refractivity contribution in [3.05, 3.63) is 69.8 Å². The van der Waals surface area contributed by atoms with E-state index in [2.05, 4.69) is 9.88 Å². The third kappa shape index (κ3) is 5.87. The molecule has 2 aromatic heterocycles. The number of carbonyl (C=O) groups excluding carboxylic acids is 1. The number of anilines is 2. The van der Waals surface area contributed by atoms with Crippen molar-refractivity contribution in [2.75, 3.05) is 49.6 Å². The molecule has 4 heterocycles. The molecule has 2 aliphatic rings. The summed E-state index contributed by atoms with van der Waals surface area (Å²) in [5.41, 5.74) is 0.380. The molecule has 2 N–H and O–H groups in total. The molecule has 44 heavy (non-hydrogen) atoms. The Morgan fingerprint density at radius 2 is 1.73 bits per heavy atom. The van der Waals surface area contributed by atoms with Gasteiger partial charge in [0.15, 0.2) is 5.82 Å². The van der Waals surface area contributed by atoms with Crippen molar-refractivity contribution >= 4 is 17.4 Å². The first-order valence-electron chi connectivity index (χ1n) is 14.1. The molecule has 2 aliphatic heterocycles. The van der Waals surface area contributed by atoms with Crippen LogP contribution in [-0.4, -0.2) is 78.4 Å². The number of amides is 1. The molecule has 3 aromatic rings. The van der Waals surface area contributed by atoms with Crippen LogP contribution in [-0.2, 0) is 10.9 Å². The molecule has 0 bridgehead atoms. The molecule has 14 heteroatoms. The van der Waals surface area contributed by atoms with E-state index in [-0.39, 0.29) is 35.5 Å². The van der Waals surface area contributed by atoms with Gasteiger partial charge in [-0.3, -0.25) is 19.1 Å². The van der Waals surface area contributed by atoms with E-state index in [0.29, 0.717) is 49.4 Å². The zero-order valence-corrected chi connectivity index (χ0v) is 24.7. The third-order valence-electron chi connectivity index (χ3n) is 8.34. The summed E-state index contributed by atoms with van der Waals surface area (Å²) in [5, 5.41) is 0. The average molecular weight is 621 g/mol. The zero-order valence-electron chi connectivity index (χ0n) is 24.7. The number of aromatic nitrogens is 2. The molecule has 0 saturated carbocycles. The molecule has 2 fully saturated rings. The molecule has 1 amide bonds. The third-order valence-corrected chi connectivity index (χ3v) is 8.34. The number of ether oxygens (including phenoxy) is 1. The van der Waals surface area contributed by atoms with Crippen LogP contribution in [0.1, 0.15) is 36.7 Å². The van der Waals surface area contributed by atoms with Gasteiger partial charge in [-0.25, -0.2) is 13.8 Å². The first kappa shape index (κ1) is 31.4. The van der Waals surface area contributed by atoms with Gasteiger partial charge in [0.2, 0.25) is 0 Å². The number of alkyl halides is 3. The molecular formula is C30H33F5N6O3. The summed E-state index contributed by atoms with van der Waals surface area (Å²) in [6.07, 6.45) is -3.24. The van der Waals surface area contributed by atoms with E-state index in [0.717, 1.165) is 6.07 Å². The minimum Gasteiger partial charge on any atom is -0.375 e. The monoisotopic (exact) mass is 620 g/mol. The summed E-state index contributed by atoms with van der Waals surface area (Å²) in [5.74, 6) is -3.04. The lowest BCUT2D eigenvalue weighted by atomic mass is 10.0. The van der Waals surface area contributed by atoms with Crippen molar-refractivity contribution in [1.29, 1.82) is 0 Å². The maximum Gasteiger partial charge on any atom is 0.417 e. The molecule has 236 valence electrons. The van der Waals surface area contributed by atoms with Gasteiger partial charge in [-0.15, -0.1) is 0 Å². The number of benzene rings is 1. The fourth-order valence-corrected chi connectivity index (χ4v) is 5.82. The van der Waals surface area contributed by atoms with Crippen molar-refractivity contribution in [2.24, 2.45) is 5.73 Å². The summed E-state index contributed by atoms with van der Waals surface area (Å²) in [6, 6.07) is 4.22. The molecule has 1 unspecified atom stereocenters. The Morgan fingerprint density at radius 1 is 1.05 bits per heavy atom. The molecule has 0 aliphatic carbocycles. The highest BCUT2D eigenvalue weighted by atomic mass is 19.4. The van der Waals surface area contributed by atoms with Gasteiger partial charge in [-0.05, 0) is 40.0 Å². The Hall–Kier alpha value is -4.04. The first-order valence-corrected chi connectivity index (χ1v) is 14.1. The fourth-order valence-electron chi connectivity index (χ4n) is 5.82. The molecule has 2 saturated heterocycles. The second kappa shape index (κ2) is 11.8. The number of rotatable bonds is 5. The number of nitrogens with zero attached hydrogens (tertiary/aromatic N) is 5. The number of hydrogen-bond acceptors (Lipinski definition) is 7. The van der Waals surface area contributed by atoms with Gasteiger partial charge >= 0.3 is 6.18 Å². The van der Waals surface area contributed by atoms with Gasteiger partial charge in [0.05, 0.1) is 35.1 Å². The predicted molar refractivity (Wildman–Crippen MR) is 155 cm³/mol. The number of piperazine rings is 1. The van der Waals surface area contributed by atoms with Gasteiger partial charge < -0.3 is 20.3 Å². The second-order valence-electron chi connectivity index (χ2n) is 11.4. The number of pyridine rings is 2. The van der Waals surface area contributed by atoms with Crippen LogP contribution >= 0.6 is 0 Å². The van der Waals surface area contributed by atoms with E-state index < -0.39 is 51.7 Å². The highest BCUT2D eigenvalue weighted by molar-refractivity contribution is 5.94. The normalized spacial score (nSPS) is 21.5. The lowest BCUT2D eigenvalue weighted by Gasteiger charge is -2.44. The number of carbonyl (C=O) groups is 1. The number of hydrogen-bond donors (Lipinski definition) is 1. The standard InChI is InChI=1S/C30H33F5N6O3/c1-16-12-40(13-17(2)38(16)4)23-10-22(31)26(19-5-6-24(37-11-19)39-7-8-44-18(3)14-39)27(32)28(23)41-15-20(29(36)43)21(9-25(41)42)30(33,34)35/h5-6,9-11,15-18H,7-8,12-14H2,1-4H3,(H2,36,43)/t16-,17+,18?. The van der Waals surface area contributed by atoms with Gasteiger partial charge in [0.1, 0.15) is 17.3 Å². The lowest BCUT2D eigenvalue weighted by molar-refractivity contribution is -0.138. The summed E-state index contributed by atoms with van der Waals surface area (Å²) in [6.45, 7) is 8.02. The second-order valence-corrected chi connectivity index (χ2v) is 11.4. The molecule has 1 aromatic carbocycles. The first-order chi connectivity index (χ1) is 20.7. The lowest BCUT2D eigenvalue weighted by Crippen LogP contribution is -2.55. The molecule has 3 atom stereocenters.